The molecule has 2 aromatic heterocycles. The van der Waals surface area contributed by atoms with Gasteiger partial charge in [0, 0.05) is 25.9 Å². The van der Waals surface area contributed by atoms with Crippen molar-refractivity contribution in [2.45, 2.75) is 25.3 Å². The zero-order valence-electron chi connectivity index (χ0n) is 16.7. The fourth-order valence-electron chi connectivity index (χ4n) is 2.78. The van der Waals surface area contributed by atoms with Gasteiger partial charge in [-0.05, 0) is 37.1 Å². The first-order valence-electron chi connectivity index (χ1n) is 9.04. The van der Waals surface area contributed by atoms with Gasteiger partial charge >= 0.3 is 0 Å². The lowest BCUT2D eigenvalue weighted by Gasteiger charge is -2.25. The lowest BCUT2D eigenvalue weighted by molar-refractivity contribution is -0.128. The van der Waals surface area contributed by atoms with Crippen molar-refractivity contribution < 1.29 is 17.7 Å². The quantitative estimate of drug-likeness (QED) is 0.515. The van der Waals surface area contributed by atoms with Crippen molar-refractivity contribution in [2.24, 2.45) is 0 Å². The topological polar surface area (TPSA) is 96.6 Å². The number of hydrogen-bond acceptors (Lipinski definition) is 6. The van der Waals surface area contributed by atoms with Gasteiger partial charge in [0.1, 0.15) is 22.4 Å². The second kappa shape index (κ2) is 8.85. The summed E-state index contributed by atoms with van der Waals surface area (Å²) < 4.78 is 32.4. The van der Waals surface area contributed by atoms with E-state index in [9.17, 15) is 13.2 Å². The highest BCUT2D eigenvalue weighted by Crippen LogP contribution is 2.24. The van der Waals surface area contributed by atoms with E-state index < -0.39 is 22.5 Å². The molecule has 3 aromatic rings. The molecule has 158 valence electrons. The third-order valence-corrected chi connectivity index (χ3v) is 6.49. The minimum atomic E-state index is -4.12. The number of sulfonamides is 1. The summed E-state index contributed by atoms with van der Waals surface area (Å²) in [6.07, 6.45) is 1.14. The largest absolute Gasteiger partial charge is 0.360 e. The first-order valence-corrected chi connectivity index (χ1v) is 10.9. The molecule has 1 amide bonds. The van der Waals surface area contributed by atoms with Gasteiger partial charge in [0.25, 0.3) is 10.0 Å². The second-order valence-corrected chi connectivity index (χ2v) is 9.05. The maximum Gasteiger partial charge on any atom is 0.267 e. The van der Waals surface area contributed by atoms with Crippen LogP contribution in [0.4, 0.5) is 5.82 Å². The van der Waals surface area contributed by atoms with Gasteiger partial charge in [-0.3, -0.25) is 4.79 Å². The van der Waals surface area contributed by atoms with Crippen LogP contribution in [-0.4, -0.2) is 43.0 Å². The monoisotopic (exact) mass is 448 g/mol. The van der Waals surface area contributed by atoms with Crippen molar-refractivity contribution in [2.75, 3.05) is 17.9 Å². The number of halogens is 1. The zero-order chi connectivity index (χ0) is 21.9. The van der Waals surface area contributed by atoms with Crippen molar-refractivity contribution >= 4 is 33.3 Å². The fourth-order valence-corrected chi connectivity index (χ4v) is 4.18. The Balaban J connectivity index is 1.89. The number of hydrogen-bond donors (Lipinski definition) is 0. The van der Waals surface area contributed by atoms with Crippen LogP contribution >= 0.6 is 11.6 Å². The predicted octanol–water partition coefficient (Wildman–Crippen LogP) is 3.19. The number of amides is 1. The Morgan fingerprint density at radius 3 is 2.50 bits per heavy atom. The maximum atomic E-state index is 13.2. The Morgan fingerprint density at radius 2 is 1.90 bits per heavy atom. The zero-order valence-corrected chi connectivity index (χ0v) is 18.3. The van der Waals surface area contributed by atoms with E-state index in [1.807, 2.05) is 31.2 Å². The van der Waals surface area contributed by atoms with Crippen molar-refractivity contribution in [1.82, 2.24) is 15.0 Å². The average Bonchev–Trinajstić information content (AvgIpc) is 3.13. The minimum Gasteiger partial charge on any atom is -0.360 e. The molecule has 0 aliphatic rings. The van der Waals surface area contributed by atoms with E-state index in [2.05, 4.69) is 10.1 Å². The van der Waals surface area contributed by atoms with Gasteiger partial charge in [0.15, 0.2) is 5.82 Å². The molecule has 8 nitrogen and oxygen atoms in total. The number of nitrogens with zero attached hydrogens (tertiary/aromatic N) is 4. The van der Waals surface area contributed by atoms with E-state index in [1.54, 1.807) is 14.0 Å². The molecule has 0 fully saturated rings. The number of aromatic nitrogens is 2. The number of rotatable bonds is 7. The van der Waals surface area contributed by atoms with Gasteiger partial charge in [-0.2, -0.15) is 0 Å². The van der Waals surface area contributed by atoms with Gasteiger partial charge in [-0.25, -0.2) is 17.7 Å². The van der Waals surface area contributed by atoms with Crippen LogP contribution in [0.15, 0.2) is 58.1 Å². The van der Waals surface area contributed by atoms with Crippen molar-refractivity contribution in [3.63, 3.8) is 0 Å². The minimum absolute atomic E-state index is 0.0140. The number of aryl methyl sites for hydroxylation is 2. The molecular weight excluding hydrogens is 428 g/mol. The highest BCUT2D eigenvalue weighted by Gasteiger charge is 2.31. The number of likely N-dealkylation sites (N-methyl/N-ethyl adjacent to an activating group) is 1. The van der Waals surface area contributed by atoms with Crippen LogP contribution in [0.5, 0.6) is 0 Å². The molecule has 0 saturated heterocycles. The molecule has 3 rings (SSSR count). The summed E-state index contributed by atoms with van der Waals surface area (Å²) in [5.41, 5.74) is 2.02. The molecule has 0 N–H and O–H groups in total. The van der Waals surface area contributed by atoms with Gasteiger partial charge < -0.3 is 9.42 Å². The van der Waals surface area contributed by atoms with Crippen molar-refractivity contribution in [3.8, 4) is 0 Å². The SMILES string of the molecule is Cc1cc(N(CC(=O)N(C)Cc2ccccc2C)S(=O)(=O)c2ccc(Cl)nc2)no1. The second-order valence-electron chi connectivity index (χ2n) is 6.80. The molecule has 10 heteroatoms. The van der Waals surface area contributed by atoms with Crippen molar-refractivity contribution in [3.05, 3.63) is 70.7 Å². The van der Waals surface area contributed by atoms with E-state index in [-0.39, 0.29) is 15.9 Å². The summed E-state index contributed by atoms with van der Waals surface area (Å²) >= 11 is 5.77. The van der Waals surface area contributed by atoms with Gasteiger partial charge in [-0.1, -0.05) is 41.0 Å². The van der Waals surface area contributed by atoms with E-state index >= 15 is 0 Å². The third kappa shape index (κ3) is 4.80. The first kappa shape index (κ1) is 21.8. The van der Waals surface area contributed by atoms with E-state index in [0.717, 1.165) is 21.6 Å². The molecule has 30 heavy (non-hydrogen) atoms. The van der Waals surface area contributed by atoms with E-state index in [0.29, 0.717) is 12.3 Å². The molecule has 0 spiro atoms. The highest BCUT2D eigenvalue weighted by molar-refractivity contribution is 7.92. The van der Waals surface area contributed by atoms with Crippen LogP contribution in [0, 0.1) is 13.8 Å². The Kier molecular flexibility index (Phi) is 6.42. The summed E-state index contributed by atoms with van der Waals surface area (Å²) in [6.45, 7) is 3.49. The molecule has 0 atom stereocenters. The molecule has 0 aliphatic carbocycles. The molecular formula is C20H21ClN4O4S. The van der Waals surface area contributed by atoms with Gasteiger partial charge in [0.05, 0.1) is 0 Å². The molecule has 0 bridgehead atoms. The maximum absolute atomic E-state index is 13.2. The number of pyridine rings is 1. The molecule has 0 radical (unpaired) electrons. The van der Waals surface area contributed by atoms with Crippen LogP contribution < -0.4 is 4.31 Å². The van der Waals surface area contributed by atoms with Crippen LogP contribution in [0.1, 0.15) is 16.9 Å². The number of anilines is 1. The Labute approximate surface area is 180 Å². The molecule has 0 unspecified atom stereocenters. The Hall–Kier alpha value is -2.91. The summed E-state index contributed by atoms with van der Waals surface area (Å²) in [5.74, 6) is 0.0321. The lowest BCUT2D eigenvalue weighted by atomic mass is 10.1. The van der Waals surface area contributed by atoms with E-state index in [4.69, 9.17) is 16.1 Å². The van der Waals surface area contributed by atoms with Crippen LogP contribution in [-0.2, 0) is 21.4 Å². The van der Waals surface area contributed by atoms with E-state index in [1.165, 1.54) is 23.1 Å². The molecule has 1 aromatic carbocycles. The van der Waals surface area contributed by atoms with Crippen molar-refractivity contribution in [1.29, 1.82) is 0 Å². The third-order valence-electron chi connectivity index (χ3n) is 4.53. The van der Waals surface area contributed by atoms with Gasteiger partial charge in [-0.15, -0.1) is 0 Å². The summed E-state index contributed by atoms with van der Waals surface area (Å²) in [5, 5.41) is 3.95. The fraction of sp³-hybridized carbons (Fsp3) is 0.250. The van der Waals surface area contributed by atoms with Crippen LogP contribution in [0.25, 0.3) is 0 Å². The number of carbonyl (C=O) groups is 1. The van der Waals surface area contributed by atoms with Crippen LogP contribution in [0.2, 0.25) is 5.15 Å². The Morgan fingerprint density at radius 1 is 1.17 bits per heavy atom. The normalized spacial score (nSPS) is 11.3. The molecule has 0 aliphatic heterocycles. The average molecular weight is 449 g/mol. The predicted molar refractivity (Wildman–Crippen MR) is 113 cm³/mol. The smallest absolute Gasteiger partial charge is 0.267 e. The molecule has 0 saturated carbocycles. The number of carbonyl (C=O) groups excluding carboxylic acids is 1. The summed E-state index contributed by atoms with van der Waals surface area (Å²) in [6, 6.07) is 11.8. The van der Waals surface area contributed by atoms with Gasteiger partial charge in [0.2, 0.25) is 5.91 Å². The number of benzene rings is 1. The summed E-state index contributed by atoms with van der Waals surface area (Å²) in [7, 11) is -2.50. The standard InChI is InChI=1S/C20H21ClN4O4S/c1-14-6-4-5-7-16(14)12-24(3)20(26)13-25(19-10-15(2)29-23-19)30(27,28)17-8-9-18(21)22-11-17/h4-11H,12-13H2,1-3H3. The summed E-state index contributed by atoms with van der Waals surface area (Å²) in [4.78, 5) is 18.1. The van der Waals surface area contributed by atoms with Crippen LogP contribution in [0.3, 0.4) is 0 Å². The lowest BCUT2D eigenvalue weighted by Crippen LogP contribution is -2.41. The highest BCUT2D eigenvalue weighted by atomic mass is 35.5. The molecule has 2 heterocycles. The Bertz CT molecular complexity index is 1150. The first-order chi connectivity index (χ1) is 14.2.